The number of aryl methyl sites for hydroxylation is 1. The molecule has 2 aromatic rings. The average Bonchev–Trinajstić information content (AvgIpc) is 2.82. The van der Waals surface area contributed by atoms with E-state index in [9.17, 15) is 5.11 Å². The van der Waals surface area contributed by atoms with E-state index in [0.29, 0.717) is 11.7 Å². The first-order valence-electron chi connectivity index (χ1n) is 5.91. The van der Waals surface area contributed by atoms with Crippen LogP contribution in [0.4, 0.5) is 0 Å². The van der Waals surface area contributed by atoms with Crippen molar-refractivity contribution < 1.29 is 9.63 Å². The summed E-state index contributed by atoms with van der Waals surface area (Å²) >= 11 is 1.80. The van der Waals surface area contributed by atoms with Gasteiger partial charge in [-0.1, -0.05) is 12.1 Å². The Bertz CT molecular complexity index is 525. The van der Waals surface area contributed by atoms with Gasteiger partial charge in [0.1, 0.15) is 5.75 Å². The van der Waals surface area contributed by atoms with Crippen molar-refractivity contribution in [1.82, 2.24) is 10.1 Å². The Kier molecular flexibility index (Phi) is 4.25. The fourth-order valence-corrected chi connectivity index (χ4v) is 2.26. The van der Waals surface area contributed by atoms with E-state index in [1.807, 2.05) is 13.0 Å². The zero-order valence-corrected chi connectivity index (χ0v) is 11.3. The number of thioether (sulfide) groups is 1. The fraction of sp³-hybridized carbons (Fsp3) is 0.385. The van der Waals surface area contributed by atoms with Gasteiger partial charge >= 0.3 is 0 Å². The number of rotatable bonds is 5. The van der Waals surface area contributed by atoms with Crippen LogP contribution in [0.15, 0.2) is 22.7 Å². The van der Waals surface area contributed by atoms with E-state index in [1.54, 1.807) is 23.9 Å². The molecule has 1 aromatic heterocycles. The summed E-state index contributed by atoms with van der Waals surface area (Å²) in [7, 11) is 0. The van der Waals surface area contributed by atoms with Gasteiger partial charge in [-0.05, 0) is 42.9 Å². The molecule has 0 bridgehead atoms. The molecule has 1 N–H and O–H groups in total. The molecule has 0 aliphatic rings. The highest BCUT2D eigenvalue weighted by molar-refractivity contribution is 7.98. The molecule has 0 saturated heterocycles. The summed E-state index contributed by atoms with van der Waals surface area (Å²) in [6, 6.07) is 5.25. The topological polar surface area (TPSA) is 59.2 Å². The zero-order valence-electron chi connectivity index (χ0n) is 10.5. The van der Waals surface area contributed by atoms with Crippen LogP contribution in [-0.2, 0) is 5.75 Å². The lowest BCUT2D eigenvalue weighted by molar-refractivity contribution is 0.425. The zero-order chi connectivity index (χ0) is 13.0. The summed E-state index contributed by atoms with van der Waals surface area (Å²) in [5, 5.41) is 13.4. The van der Waals surface area contributed by atoms with Gasteiger partial charge < -0.3 is 9.63 Å². The number of nitrogens with zero attached hydrogens (tertiary/aromatic N) is 2. The summed E-state index contributed by atoms with van der Waals surface area (Å²) in [5.41, 5.74) is 1.64. The van der Waals surface area contributed by atoms with Gasteiger partial charge in [0.05, 0.1) is 5.75 Å². The Morgan fingerprint density at radius 1 is 1.39 bits per heavy atom. The van der Waals surface area contributed by atoms with E-state index < -0.39 is 0 Å². The van der Waals surface area contributed by atoms with Gasteiger partial charge in [0, 0.05) is 5.56 Å². The number of aromatic hydroxyl groups is 1. The molecule has 0 saturated carbocycles. The molecule has 96 valence electrons. The number of phenolic OH excluding ortho intramolecular Hbond substituents is 1. The van der Waals surface area contributed by atoms with Crippen molar-refractivity contribution in [2.45, 2.75) is 26.0 Å². The van der Waals surface area contributed by atoms with Crippen LogP contribution < -0.4 is 0 Å². The molecule has 0 radical (unpaired) electrons. The van der Waals surface area contributed by atoms with Crippen LogP contribution in [-0.4, -0.2) is 21.0 Å². The van der Waals surface area contributed by atoms with Gasteiger partial charge in [-0.3, -0.25) is 0 Å². The average molecular weight is 264 g/mol. The molecule has 0 fully saturated rings. The molecule has 0 unspecified atom stereocenters. The third-order valence-electron chi connectivity index (χ3n) is 2.49. The molecule has 18 heavy (non-hydrogen) atoms. The smallest absolute Gasteiger partial charge is 0.257 e. The predicted molar refractivity (Wildman–Crippen MR) is 72.6 cm³/mol. The Labute approximate surface area is 110 Å². The Hall–Kier alpha value is -1.49. The maximum Gasteiger partial charge on any atom is 0.257 e. The molecule has 2 rings (SSSR count). The van der Waals surface area contributed by atoms with Gasteiger partial charge in [0.25, 0.3) is 5.89 Å². The van der Waals surface area contributed by atoms with E-state index in [-0.39, 0.29) is 5.75 Å². The number of phenols is 1. The van der Waals surface area contributed by atoms with Crippen LogP contribution >= 0.6 is 11.8 Å². The minimum Gasteiger partial charge on any atom is -0.508 e. The van der Waals surface area contributed by atoms with Crippen molar-refractivity contribution in [2.75, 3.05) is 5.75 Å². The first-order chi connectivity index (χ1) is 8.70. The monoisotopic (exact) mass is 264 g/mol. The molecule has 1 heterocycles. The maximum atomic E-state index is 9.47. The Morgan fingerprint density at radius 2 is 2.22 bits per heavy atom. The van der Waals surface area contributed by atoms with Gasteiger partial charge in [-0.15, -0.1) is 0 Å². The largest absolute Gasteiger partial charge is 0.508 e. The van der Waals surface area contributed by atoms with Crippen LogP contribution in [0.25, 0.3) is 11.5 Å². The van der Waals surface area contributed by atoms with Crippen LogP contribution in [0.1, 0.15) is 24.7 Å². The Morgan fingerprint density at radius 3 is 2.94 bits per heavy atom. The quantitative estimate of drug-likeness (QED) is 0.839. The third kappa shape index (κ3) is 3.04. The van der Waals surface area contributed by atoms with Gasteiger partial charge in [0.2, 0.25) is 0 Å². The number of aromatic nitrogens is 2. The van der Waals surface area contributed by atoms with Gasteiger partial charge in [-0.2, -0.15) is 16.7 Å². The molecular weight excluding hydrogens is 248 g/mol. The predicted octanol–water partition coefficient (Wildman–Crippen LogP) is 3.39. The minimum atomic E-state index is 0.275. The molecule has 0 amide bonds. The highest BCUT2D eigenvalue weighted by Crippen LogP contribution is 2.24. The lowest BCUT2D eigenvalue weighted by Crippen LogP contribution is -1.86. The summed E-state index contributed by atoms with van der Waals surface area (Å²) in [4.78, 5) is 4.34. The van der Waals surface area contributed by atoms with Crippen LogP contribution in [0.5, 0.6) is 5.75 Å². The minimum absolute atomic E-state index is 0.275. The molecule has 0 spiro atoms. The highest BCUT2D eigenvalue weighted by Gasteiger charge is 2.09. The first-order valence-corrected chi connectivity index (χ1v) is 7.06. The van der Waals surface area contributed by atoms with Crippen molar-refractivity contribution in [2.24, 2.45) is 0 Å². The molecule has 5 heteroatoms. The molecule has 0 aliphatic carbocycles. The van der Waals surface area contributed by atoms with E-state index in [1.165, 1.54) is 0 Å². The van der Waals surface area contributed by atoms with Crippen molar-refractivity contribution in [3.63, 3.8) is 0 Å². The number of benzene rings is 1. The SMILES string of the molecule is CCCSCc1noc(-c2ccc(O)c(C)c2)n1. The van der Waals surface area contributed by atoms with Gasteiger partial charge in [-0.25, -0.2) is 0 Å². The summed E-state index contributed by atoms with van der Waals surface area (Å²) in [6.07, 6.45) is 1.15. The van der Waals surface area contributed by atoms with E-state index >= 15 is 0 Å². The Balaban J connectivity index is 2.11. The second kappa shape index (κ2) is 5.91. The molecular formula is C13H16N2O2S. The third-order valence-corrected chi connectivity index (χ3v) is 3.65. The second-order valence-corrected chi connectivity index (χ2v) is 5.17. The van der Waals surface area contributed by atoms with Crippen LogP contribution in [0, 0.1) is 6.92 Å². The summed E-state index contributed by atoms with van der Waals surface area (Å²) < 4.78 is 5.22. The van der Waals surface area contributed by atoms with E-state index in [2.05, 4.69) is 17.1 Å². The molecule has 4 nitrogen and oxygen atoms in total. The number of hydrogen-bond donors (Lipinski definition) is 1. The van der Waals surface area contributed by atoms with Crippen molar-refractivity contribution in [3.05, 3.63) is 29.6 Å². The molecule has 0 atom stereocenters. The standard InChI is InChI=1S/C13H16N2O2S/c1-3-6-18-8-12-14-13(17-15-12)10-4-5-11(16)9(2)7-10/h4-5,7,16H,3,6,8H2,1-2H3. The normalized spacial score (nSPS) is 10.8. The van der Waals surface area contributed by atoms with Crippen molar-refractivity contribution in [1.29, 1.82) is 0 Å². The van der Waals surface area contributed by atoms with Crippen LogP contribution in [0.2, 0.25) is 0 Å². The summed E-state index contributed by atoms with van der Waals surface area (Å²) in [5.74, 6) is 3.37. The first kappa shape index (κ1) is 13.0. The number of hydrogen-bond acceptors (Lipinski definition) is 5. The van der Waals surface area contributed by atoms with Crippen molar-refractivity contribution >= 4 is 11.8 Å². The van der Waals surface area contributed by atoms with Crippen molar-refractivity contribution in [3.8, 4) is 17.2 Å². The van der Waals surface area contributed by atoms with E-state index in [4.69, 9.17) is 4.52 Å². The lowest BCUT2D eigenvalue weighted by atomic mass is 10.1. The fourth-order valence-electron chi connectivity index (χ4n) is 1.53. The lowest BCUT2D eigenvalue weighted by Gasteiger charge is -1.99. The summed E-state index contributed by atoms with van der Waals surface area (Å²) in [6.45, 7) is 3.99. The second-order valence-electron chi connectivity index (χ2n) is 4.07. The molecule has 0 aliphatic heterocycles. The van der Waals surface area contributed by atoms with E-state index in [0.717, 1.165) is 29.1 Å². The van der Waals surface area contributed by atoms with Gasteiger partial charge in [0.15, 0.2) is 5.82 Å². The molecule has 1 aromatic carbocycles. The highest BCUT2D eigenvalue weighted by atomic mass is 32.2. The van der Waals surface area contributed by atoms with Crippen LogP contribution in [0.3, 0.4) is 0 Å². The maximum absolute atomic E-state index is 9.47.